The van der Waals surface area contributed by atoms with Gasteiger partial charge < -0.3 is 10.6 Å². The Bertz CT molecular complexity index is 270. The summed E-state index contributed by atoms with van der Waals surface area (Å²) in [6.07, 6.45) is 4.29. The molecule has 0 bridgehead atoms. The van der Waals surface area contributed by atoms with E-state index >= 15 is 0 Å². The average molecular weight is 242 g/mol. The van der Waals surface area contributed by atoms with Crippen LogP contribution < -0.4 is 5.73 Å². The number of allylic oxidation sites excluding steroid dienone is 1. The van der Waals surface area contributed by atoms with Crippen molar-refractivity contribution >= 4 is 17.5 Å². The van der Waals surface area contributed by atoms with E-state index in [1.54, 1.807) is 6.08 Å². The lowest BCUT2D eigenvalue weighted by Gasteiger charge is -2.26. The Kier molecular flexibility index (Phi) is 5.74. The van der Waals surface area contributed by atoms with Crippen LogP contribution in [0.1, 0.15) is 33.6 Å². The molecule has 1 atom stereocenters. The highest BCUT2D eigenvalue weighted by molar-refractivity contribution is 7.99. The lowest BCUT2D eigenvalue weighted by Crippen LogP contribution is -2.23. The second-order valence-electron chi connectivity index (χ2n) is 4.25. The summed E-state index contributed by atoms with van der Waals surface area (Å²) in [5.41, 5.74) is 6.57. The molecule has 92 valence electrons. The Labute approximate surface area is 102 Å². The molecular weight excluding hydrogens is 220 g/mol. The number of hydrogen-bond acceptors (Lipinski definition) is 4. The van der Waals surface area contributed by atoms with Gasteiger partial charge in [-0.05, 0) is 50.2 Å². The molecular formula is C12H22N2OS. The van der Waals surface area contributed by atoms with E-state index < -0.39 is 0 Å². The van der Waals surface area contributed by atoms with Crippen LogP contribution in [0.4, 0.5) is 0 Å². The maximum Gasteiger partial charge on any atom is 0.216 e. The molecule has 1 heterocycles. The maximum absolute atomic E-state index is 5.53. The van der Waals surface area contributed by atoms with Gasteiger partial charge in [0, 0.05) is 5.92 Å². The van der Waals surface area contributed by atoms with Crippen LogP contribution in [-0.4, -0.2) is 17.2 Å². The van der Waals surface area contributed by atoms with Gasteiger partial charge in [0.15, 0.2) is 0 Å². The van der Waals surface area contributed by atoms with Crippen LogP contribution in [0, 0.1) is 11.8 Å². The van der Waals surface area contributed by atoms with Crippen LogP contribution in [0.15, 0.2) is 17.1 Å². The molecule has 0 saturated carbocycles. The van der Waals surface area contributed by atoms with Crippen LogP contribution in [0.5, 0.6) is 0 Å². The zero-order chi connectivity index (χ0) is 12.0. The molecule has 0 aromatic rings. The van der Waals surface area contributed by atoms with E-state index in [0.717, 1.165) is 11.6 Å². The topological polar surface area (TPSA) is 47.6 Å². The molecule has 2 N–H and O–H groups in total. The molecule has 0 amide bonds. The number of nitrogens with zero attached hydrogens (tertiary/aromatic N) is 1. The van der Waals surface area contributed by atoms with E-state index in [1.165, 1.54) is 24.3 Å². The summed E-state index contributed by atoms with van der Waals surface area (Å²) in [7, 11) is 0. The van der Waals surface area contributed by atoms with Gasteiger partial charge in [0.1, 0.15) is 0 Å². The lowest BCUT2D eigenvalue weighted by molar-refractivity contribution is 0.219. The van der Waals surface area contributed by atoms with Crippen molar-refractivity contribution in [1.29, 1.82) is 0 Å². The van der Waals surface area contributed by atoms with Crippen LogP contribution in [-0.2, 0) is 4.84 Å². The third kappa shape index (κ3) is 4.08. The molecule has 0 radical (unpaired) electrons. The molecule has 1 saturated heterocycles. The first-order chi connectivity index (χ1) is 7.65. The zero-order valence-electron chi connectivity index (χ0n) is 10.4. The van der Waals surface area contributed by atoms with Gasteiger partial charge >= 0.3 is 0 Å². The molecule has 1 aliphatic heterocycles. The molecule has 1 unspecified atom stereocenters. The summed E-state index contributed by atoms with van der Waals surface area (Å²) in [6.45, 7) is 6.09. The number of thioether (sulfide) groups is 1. The number of rotatable bonds is 4. The molecule has 0 aromatic carbocycles. The van der Waals surface area contributed by atoms with Gasteiger partial charge in [-0.15, -0.1) is 0 Å². The highest BCUT2D eigenvalue weighted by atomic mass is 32.2. The van der Waals surface area contributed by atoms with Crippen molar-refractivity contribution in [3.63, 3.8) is 0 Å². The summed E-state index contributed by atoms with van der Waals surface area (Å²) in [5.74, 6) is 4.16. The second kappa shape index (κ2) is 6.84. The fraction of sp³-hybridized carbons (Fsp3) is 0.750. The van der Waals surface area contributed by atoms with E-state index in [2.05, 4.69) is 12.1 Å². The van der Waals surface area contributed by atoms with Crippen molar-refractivity contribution in [3.05, 3.63) is 12.0 Å². The highest BCUT2D eigenvalue weighted by Crippen LogP contribution is 2.29. The molecule has 0 aromatic heterocycles. The van der Waals surface area contributed by atoms with Crippen molar-refractivity contribution in [2.24, 2.45) is 22.7 Å². The van der Waals surface area contributed by atoms with Crippen LogP contribution in [0.2, 0.25) is 0 Å². The van der Waals surface area contributed by atoms with Crippen molar-refractivity contribution in [2.45, 2.75) is 33.6 Å². The van der Waals surface area contributed by atoms with Gasteiger partial charge in [-0.1, -0.05) is 12.1 Å². The van der Waals surface area contributed by atoms with E-state index in [9.17, 15) is 0 Å². The second-order valence-corrected chi connectivity index (χ2v) is 5.48. The molecule has 1 fully saturated rings. The fourth-order valence-electron chi connectivity index (χ4n) is 1.82. The summed E-state index contributed by atoms with van der Waals surface area (Å²) in [5, 5.41) is 4.09. The highest BCUT2D eigenvalue weighted by Gasteiger charge is 2.22. The van der Waals surface area contributed by atoms with Gasteiger partial charge in [0.2, 0.25) is 5.88 Å². The van der Waals surface area contributed by atoms with E-state index in [-0.39, 0.29) is 0 Å². The summed E-state index contributed by atoms with van der Waals surface area (Å²) in [6, 6.07) is 0. The fourth-order valence-corrected chi connectivity index (χ4v) is 2.96. The summed E-state index contributed by atoms with van der Waals surface area (Å²) in [4.78, 5) is 5.09. The Balaban J connectivity index is 2.48. The van der Waals surface area contributed by atoms with Gasteiger partial charge in [-0.3, -0.25) is 0 Å². The number of hydrogen-bond donors (Lipinski definition) is 1. The summed E-state index contributed by atoms with van der Waals surface area (Å²) >= 11 is 2.05. The lowest BCUT2D eigenvalue weighted by atomic mass is 9.86. The van der Waals surface area contributed by atoms with E-state index in [1.807, 2.05) is 25.6 Å². The molecule has 3 nitrogen and oxygen atoms in total. The predicted octanol–water partition coefficient (Wildman–Crippen LogP) is 2.98. The zero-order valence-corrected chi connectivity index (χ0v) is 11.2. The number of oxime groups is 1. The van der Waals surface area contributed by atoms with Gasteiger partial charge in [-0.2, -0.15) is 11.8 Å². The Morgan fingerprint density at radius 2 is 2.12 bits per heavy atom. The van der Waals surface area contributed by atoms with Crippen molar-refractivity contribution in [3.8, 4) is 0 Å². The normalized spacial score (nSPS) is 21.9. The standard InChI is InChI=1S/C12H22N2OS/c1-4-12(13)15-14-10(3)9(2)11-5-7-16-8-6-11/h4,9,11H,5-8,13H2,1-3H3/b12-4-,14-10?. The largest absolute Gasteiger partial charge is 0.368 e. The smallest absolute Gasteiger partial charge is 0.216 e. The van der Waals surface area contributed by atoms with Crippen LogP contribution in [0.3, 0.4) is 0 Å². The first-order valence-electron chi connectivity index (χ1n) is 5.86. The molecule has 4 heteroatoms. The number of nitrogens with two attached hydrogens (primary N) is 1. The van der Waals surface area contributed by atoms with Crippen molar-refractivity contribution < 1.29 is 4.84 Å². The first-order valence-corrected chi connectivity index (χ1v) is 7.01. The Hall–Kier alpha value is -0.640. The minimum atomic E-state index is 0.366. The SMILES string of the molecule is C/C=C(/N)ON=C(C)C(C)C1CCSCC1. The first kappa shape index (κ1) is 13.4. The van der Waals surface area contributed by atoms with Gasteiger partial charge in [-0.25, -0.2) is 0 Å². The minimum absolute atomic E-state index is 0.366. The van der Waals surface area contributed by atoms with Crippen molar-refractivity contribution in [1.82, 2.24) is 0 Å². The van der Waals surface area contributed by atoms with Gasteiger partial charge in [0.25, 0.3) is 0 Å². The minimum Gasteiger partial charge on any atom is -0.368 e. The molecule has 0 aliphatic carbocycles. The molecule has 0 spiro atoms. The third-order valence-corrected chi connectivity index (χ3v) is 4.26. The predicted molar refractivity (Wildman–Crippen MR) is 71.4 cm³/mol. The van der Waals surface area contributed by atoms with E-state index in [0.29, 0.717) is 11.8 Å². The molecule has 1 rings (SSSR count). The van der Waals surface area contributed by atoms with Crippen molar-refractivity contribution in [2.75, 3.05) is 11.5 Å². The third-order valence-electron chi connectivity index (χ3n) is 3.21. The van der Waals surface area contributed by atoms with Crippen LogP contribution >= 0.6 is 11.8 Å². The van der Waals surface area contributed by atoms with Crippen LogP contribution in [0.25, 0.3) is 0 Å². The van der Waals surface area contributed by atoms with E-state index in [4.69, 9.17) is 10.6 Å². The average Bonchev–Trinajstić information content (AvgIpc) is 2.35. The Morgan fingerprint density at radius 3 is 2.69 bits per heavy atom. The quantitative estimate of drug-likeness (QED) is 0.468. The summed E-state index contributed by atoms with van der Waals surface area (Å²) < 4.78 is 0. The molecule has 16 heavy (non-hydrogen) atoms. The maximum atomic E-state index is 5.53. The monoisotopic (exact) mass is 242 g/mol. The van der Waals surface area contributed by atoms with Gasteiger partial charge in [0.05, 0.1) is 5.71 Å². The molecule has 1 aliphatic rings. The Morgan fingerprint density at radius 1 is 1.50 bits per heavy atom.